The van der Waals surface area contributed by atoms with E-state index in [1.54, 1.807) is 6.92 Å². The van der Waals surface area contributed by atoms with Gasteiger partial charge in [0.1, 0.15) is 11.4 Å². The van der Waals surface area contributed by atoms with Gasteiger partial charge < -0.3 is 11.1 Å². The van der Waals surface area contributed by atoms with Gasteiger partial charge in [-0.3, -0.25) is 0 Å². The summed E-state index contributed by atoms with van der Waals surface area (Å²) in [5, 5.41) is 2.66. The summed E-state index contributed by atoms with van der Waals surface area (Å²) in [7, 11) is 0. The molecule has 0 radical (unpaired) electrons. The molecule has 0 bridgehead atoms. The molecule has 0 saturated heterocycles. The van der Waals surface area contributed by atoms with Crippen molar-refractivity contribution in [2.75, 3.05) is 11.1 Å². The van der Waals surface area contributed by atoms with Crippen LogP contribution in [0.25, 0.3) is 0 Å². The lowest BCUT2D eigenvalue weighted by Crippen LogP contribution is -2.20. The van der Waals surface area contributed by atoms with E-state index in [-0.39, 0.29) is 17.8 Å². The van der Waals surface area contributed by atoms with Crippen molar-refractivity contribution in [1.29, 1.82) is 0 Å². The molecule has 0 aliphatic heterocycles. The summed E-state index contributed by atoms with van der Waals surface area (Å²) in [6.45, 7) is 3.62. The maximum Gasteiger partial charge on any atom is 0.421 e. The molecular formula is C9H13F3N4. The van der Waals surface area contributed by atoms with Crippen LogP contribution in [0.4, 0.5) is 24.9 Å². The summed E-state index contributed by atoms with van der Waals surface area (Å²) < 4.78 is 37.7. The highest BCUT2D eigenvalue weighted by Gasteiger charge is 2.35. The number of nitrogen functional groups attached to an aromatic ring is 1. The van der Waals surface area contributed by atoms with E-state index in [0.29, 0.717) is 12.6 Å². The summed E-state index contributed by atoms with van der Waals surface area (Å²) in [5.41, 5.74) is 4.36. The number of nitrogens with zero attached hydrogens (tertiary/aromatic N) is 2. The van der Waals surface area contributed by atoms with E-state index >= 15 is 0 Å². The fourth-order valence-corrected chi connectivity index (χ4v) is 1.05. The monoisotopic (exact) mass is 234 g/mol. The Morgan fingerprint density at radius 2 is 2.12 bits per heavy atom. The van der Waals surface area contributed by atoms with E-state index < -0.39 is 11.7 Å². The highest BCUT2D eigenvalue weighted by Crippen LogP contribution is 2.33. The van der Waals surface area contributed by atoms with E-state index in [9.17, 15) is 13.2 Å². The van der Waals surface area contributed by atoms with Crippen molar-refractivity contribution in [3.8, 4) is 0 Å². The molecule has 1 aromatic heterocycles. The SMILES string of the molecule is CC[C@@H](C)Nc1nc(N)ncc1C(F)(F)F. The van der Waals surface area contributed by atoms with Gasteiger partial charge in [0.2, 0.25) is 5.95 Å². The average Bonchev–Trinajstić information content (AvgIpc) is 2.15. The number of aromatic nitrogens is 2. The van der Waals surface area contributed by atoms with Gasteiger partial charge in [-0.1, -0.05) is 6.92 Å². The Balaban J connectivity index is 3.09. The molecule has 3 N–H and O–H groups in total. The second-order valence-electron chi connectivity index (χ2n) is 3.44. The van der Waals surface area contributed by atoms with E-state index in [2.05, 4.69) is 15.3 Å². The Morgan fingerprint density at radius 1 is 1.50 bits per heavy atom. The van der Waals surface area contributed by atoms with Crippen LogP contribution >= 0.6 is 0 Å². The van der Waals surface area contributed by atoms with Crippen molar-refractivity contribution < 1.29 is 13.2 Å². The largest absolute Gasteiger partial charge is 0.421 e. The Bertz CT molecular complexity index is 364. The Kier molecular flexibility index (Phi) is 3.56. The normalized spacial score (nSPS) is 13.6. The zero-order valence-corrected chi connectivity index (χ0v) is 8.97. The predicted octanol–water partition coefficient (Wildman–Crippen LogP) is 2.29. The highest BCUT2D eigenvalue weighted by atomic mass is 19.4. The minimum atomic E-state index is -4.48. The van der Waals surface area contributed by atoms with Crippen LogP contribution in [0.3, 0.4) is 0 Å². The average molecular weight is 234 g/mol. The first-order valence-corrected chi connectivity index (χ1v) is 4.80. The lowest BCUT2D eigenvalue weighted by Gasteiger charge is -2.16. The van der Waals surface area contributed by atoms with E-state index in [4.69, 9.17) is 5.73 Å². The van der Waals surface area contributed by atoms with Crippen LogP contribution in [0.2, 0.25) is 0 Å². The number of anilines is 2. The molecule has 0 aliphatic carbocycles. The molecule has 90 valence electrons. The quantitative estimate of drug-likeness (QED) is 0.842. The molecule has 4 nitrogen and oxygen atoms in total. The Morgan fingerprint density at radius 3 is 2.62 bits per heavy atom. The molecule has 0 spiro atoms. The van der Waals surface area contributed by atoms with E-state index in [1.165, 1.54) is 0 Å². The van der Waals surface area contributed by atoms with Crippen LogP contribution < -0.4 is 11.1 Å². The first-order valence-electron chi connectivity index (χ1n) is 4.80. The van der Waals surface area contributed by atoms with Gasteiger partial charge in [-0.2, -0.15) is 18.2 Å². The molecule has 16 heavy (non-hydrogen) atoms. The third kappa shape index (κ3) is 2.98. The summed E-state index contributed by atoms with van der Waals surface area (Å²) in [4.78, 5) is 6.91. The van der Waals surface area contributed by atoms with E-state index in [1.807, 2.05) is 6.92 Å². The maximum atomic E-state index is 12.6. The Hall–Kier alpha value is -1.53. The first kappa shape index (κ1) is 12.5. The van der Waals surface area contributed by atoms with Crippen molar-refractivity contribution in [2.24, 2.45) is 0 Å². The second-order valence-corrected chi connectivity index (χ2v) is 3.44. The zero-order valence-electron chi connectivity index (χ0n) is 8.97. The first-order chi connectivity index (χ1) is 7.34. The summed E-state index contributed by atoms with van der Waals surface area (Å²) in [5.74, 6) is -0.451. The van der Waals surface area contributed by atoms with E-state index in [0.717, 1.165) is 0 Å². The number of nitrogens with two attached hydrogens (primary N) is 1. The second kappa shape index (κ2) is 4.54. The fourth-order valence-electron chi connectivity index (χ4n) is 1.05. The maximum absolute atomic E-state index is 12.6. The van der Waals surface area contributed by atoms with Crippen molar-refractivity contribution in [1.82, 2.24) is 9.97 Å². The number of rotatable bonds is 3. The highest BCUT2D eigenvalue weighted by molar-refractivity contribution is 5.48. The predicted molar refractivity (Wildman–Crippen MR) is 54.8 cm³/mol. The molecule has 1 rings (SSSR count). The summed E-state index contributed by atoms with van der Waals surface area (Å²) in [6, 6.07) is -0.115. The molecule has 1 aromatic rings. The number of hydrogen-bond acceptors (Lipinski definition) is 4. The zero-order chi connectivity index (χ0) is 12.3. The summed E-state index contributed by atoms with van der Waals surface area (Å²) in [6.07, 6.45) is -3.11. The van der Waals surface area contributed by atoms with Crippen molar-refractivity contribution >= 4 is 11.8 Å². The van der Waals surface area contributed by atoms with Gasteiger partial charge in [0.25, 0.3) is 0 Å². The van der Waals surface area contributed by atoms with Gasteiger partial charge in [-0.05, 0) is 13.3 Å². The molecule has 0 aromatic carbocycles. The molecule has 0 unspecified atom stereocenters. The molecule has 1 heterocycles. The van der Waals surface area contributed by atoms with Crippen LogP contribution in [-0.2, 0) is 6.18 Å². The van der Waals surface area contributed by atoms with Crippen LogP contribution in [0.5, 0.6) is 0 Å². The summed E-state index contributed by atoms with van der Waals surface area (Å²) >= 11 is 0. The molecule has 0 saturated carbocycles. The minimum absolute atomic E-state index is 0.115. The lowest BCUT2D eigenvalue weighted by molar-refractivity contribution is -0.137. The smallest absolute Gasteiger partial charge is 0.368 e. The van der Waals surface area contributed by atoms with Crippen molar-refractivity contribution in [3.63, 3.8) is 0 Å². The van der Waals surface area contributed by atoms with Crippen molar-refractivity contribution in [2.45, 2.75) is 32.5 Å². The van der Waals surface area contributed by atoms with Gasteiger partial charge in [-0.15, -0.1) is 0 Å². The number of alkyl halides is 3. The lowest BCUT2D eigenvalue weighted by atomic mass is 10.2. The number of halogens is 3. The van der Waals surface area contributed by atoms with Crippen LogP contribution in [0.1, 0.15) is 25.8 Å². The number of nitrogens with one attached hydrogen (secondary N) is 1. The van der Waals surface area contributed by atoms with Crippen molar-refractivity contribution in [3.05, 3.63) is 11.8 Å². The molecule has 0 fully saturated rings. The van der Waals surface area contributed by atoms with Gasteiger partial charge >= 0.3 is 6.18 Å². The van der Waals surface area contributed by atoms with Crippen LogP contribution in [0.15, 0.2) is 6.20 Å². The molecule has 0 aliphatic rings. The molecule has 1 atom stereocenters. The minimum Gasteiger partial charge on any atom is -0.368 e. The third-order valence-electron chi connectivity index (χ3n) is 2.11. The van der Waals surface area contributed by atoms with Gasteiger partial charge in [-0.25, -0.2) is 4.98 Å². The molecule has 7 heteroatoms. The fraction of sp³-hybridized carbons (Fsp3) is 0.556. The van der Waals surface area contributed by atoms with Gasteiger partial charge in [0, 0.05) is 12.2 Å². The van der Waals surface area contributed by atoms with Crippen LogP contribution in [0, 0.1) is 0 Å². The molecular weight excluding hydrogens is 221 g/mol. The topological polar surface area (TPSA) is 63.8 Å². The van der Waals surface area contributed by atoms with Gasteiger partial charge in [0.15, 0.2) is 0 Å². The third-order valence-corrected chi connectivity index (χ3v) is 2.11. The number of hydrogen-bond donors (Lipinski definition) is 2. The standard InChI is InChI=1S/C9H13F3N4/c1-3-5(2)15-7-6(9(10,11)12)4-14-8(13)16-7/h4-5H,3H2,1-2H3,(H3,13,14,15,16)/t5-/m1/s1. The Labute approximate surface area is 91.1 Å². The molecule has 0 amide bonds. The van der Waals surface area contributed by atoms with Gasteiger partial charge in [0.05, 0.1) is 0 Å². The van der Waals surface area contributed by atoms with Crippen LogP contribution in [-0.4, -0.2) is 16.0 Å².